The van der Waals surface area contributed by atoms with Crippen LogP contribution in [0.1, 0.15) is 66.9 Å². The lowest BCUT2D eigenvalue weighted by molar-refractivity contribution is -0.118. The highest BCUT2D eigenvalue weighted by molar-refractivity contribution is 6.39. The number of benzene rings is 3. The van der Waals surface area contributed by atoms with Gasteiger partial charge < -0.3 is 20.4 Å². The molecule has 0 bridgehead atoms. The second kappa shape index (κ2) is 16.3. The number of hydrogen-bond donors (Lipinski definition) is 2. The second-order valence-electron chi connectivity index (χ2n) is 12.2. The van der Waals surface area contributed by atoms with Gasteiger partial charge in [0.1, 0.15) is 5.78 Å². The lowest BCUT2D eigenvalue weighted by Gasteiger charge is -2.36. The van der Waals surface area contributed by atoms with E-state index < -0.39 is 0 Å². The largest absolute Gasteiger partial charge is 0.368 e. The van der Waals surface area contributed by atoms with Crippen molar-refractivity contribution in [2.24, 2.45) is 0 Å². The number of likely N-dealkylation sites (tertiary alicyclic amines) is 1. The molecule has 2 aliphatic heterocycles. The zero-order valence-corrected chi connectivity index (χ0v) is 28.0. The van der Waals surface area contributed by atoms with Crippen molar-refractivity contribution in [1.82, 2.24) is 9.80 Å². The van der Waals surface area contributed by atoms with Gasteiger partial charge in [-0.2, -0.15) is 0 Å². The topological polar surface area (TPSA) is 85.0 Å². The van der Waals surface area contributed by atoms with Crippen LogP contribution < -0.4 is 15.5 Å². The minimum Gasteiger partial charge on any atom is -0.368 e. The third kappa shape index (κ3) is 9.24. The molecule has 0 aliphatic carbocycles. The molecule has 3 aromatic carbocycles. The molecule has 0 atom stereocenters. The van der Waals surface area contributed by atoms with Gasteiger partial charge in [0.15, 0.2) is 0 Å². The highest BCUT2D eigenvalue weighted by Crippen LogP contribution is 2.33. The highest BCUT2D eigenvalue weighted by Gasteiger charge is 2.23. The van der Waals surface area contributed by atoms with Crippen LogP contribution in [0.3, 0.4) is 0 Å². The summed E-state index contributed by atoms with van der Waals surface area (Å²) in [5.74, 6) is -0.0227. The van der Waals surface area contributed by atoms with Gasteiger partial charge in [-0.3, -0.25) is 14.5 Å². The number of rotatable bonds is 11. The number of piperazine rings is 1. The molecule has 3 aromatic rings. The first-order valence-electron chi connectivity index (χ1n) is 16.3. The van der Waals surface area contributed by atoms with Crippen LogP contribution in [0.25, 0.3) is 0 Å². The second-order valence-corrected chi connectivity index (χ2v) is 13.0. The number of amides is 3. The standard InChI is InChI=1S/C36H43Cl2N5O3/c1-2-3-10-31(44)22-26-8-7-9-28(21-26)35(45)39-29-11-13-30(14-12-29)42-17-19-43(20-18-42)36(46)40-34-32(37)23-27(24-33(34)38)25-41-15-5-4-6-16-41/h7-9,11-14,21,23-24H,2-6,10,15-20,22,25H2,1H3,(H,39,45)(H,40,46). The maximum absolute atomic E-state index is 13.1. The average molecular weight is 665 g/mol. The molecule has 3 amide bonds. The Morgan fingerprint density at radius 3 is 2.15 bits per heavy atom. The van der Waals surface area contributed by atoms with Crippen molar-refractivity contribution in [3.05, 3.63) is 87.4 Å². The van der Waals surface area contributed by atoms with Crippen LogP contribution in [0, 0.1) is 0 Å². The summed E-state index contributed by atoms with van der Waals surface area (Å²) in [7, 11) is 0. The number of Topliss-reactive ketones (excluding diaryl/α,β-unsaturated/α-hetero) is 1. The van der Waals surface area contributed by atoms with Gasteiger partial charge in [0, 0.05) is 62.5 Å². The molecule has 2 aliphatic rings. The van der Waals surface area contributed by atoms with Crippen molar-refractivity contribution in [3.8, 4) is 0 Å². The highest BCUT2D eigenvalue weighted by atomic mass is 35.5. The fourth-order valence-corrected chi connectivity index (χ4v) is 6.66. The number of unbranched alkanes of at least 4 members (excludes halogenated alkanes) is 1. The van der Waals surface area contributed by atoms with Gasteiger partial charge in [0.05, 0.1) is 15.7 Å². The van der Waals surface area contributed by atoms with Gasteiger partial charge in [-0.25, -0.2) is 4.79 Å². The maximum atomic E-state index is 13.1. The van der Waals surface area contributed by atoms with E-state index in [1.807, 2.05) is 48.5 Å². The number of carbonyl (C=O) groups excluding carboxylic acids is 3. The van der Waals surface area contributed by atoms with E-state index in [1.165, 1.54) is 19.3 Å². The number of nitrogens with zero attached hydrogens (tertiary/aromatic N) is 3. The van der Waals surface area contributed by atoms with E-state index >= 15 is 0 Å². The van der Waals surface area contributed by atoms with Gasteiger partial charge in [-0.05, 0) is 92.0 Å². The summed E-state index contributed by atoms with van der Waals surface area (Å²) in [6.45, 7) is 7.46. The van der Waals surface area contributed by atoms with Gasteiger partial charge in [-0.1, -0.05) is 55.1 Å². The lowest BCUT2D eigenvalue weighted by Crippen LogP contribution is -2.50. The Kier molecular flexibility index (Phi) is 12.0. The predicted octanol–water partition coefficient (Wildman–Crippen LogP) is 7.89. The monoisotopic (exact) mass is 663 g/mol. The number of urea groups is 1. The number of carbonyl (C=O) groups is 3. The molecule has 0 unspecified atom stereocenters. The Morgan fingerprint density at radius 1 is 0.783 bits per heavy atom. The third-order valence-corrected chi connectivity index (χ3v) is 9.24. The first-order valence-corrected chi connectivity index (χ1v) is 17.1. The molecule has 2 N–H and O–H groups in total. The van der Waals surface area contributed by atoms with Gasteiger partial charge in [-0.15, -0.1) is 0 Å². The SMILES string of the molecule is CCCCC(=O)Cc1cccc(C(=O)Nc2ccc(N3CCN(C(=O)Nc4c(Cl)cc(CN5CCCCC5)cc4Cl)CC3)cc2)c1. The number of hydrogen-bond acceptors (Lipinski definition) is 5. The molecule has 0 radical (unpaired) electrons. The molecule has 244 valence electrons. The van der Waals surface area contributed by atoms with E-state index in [0.717, 1.165) is 49.3 Å². The van der Waals surface area contributed by atoms with Crippen LogP contribution >= 0.6 is 23.2 Å². The van der Waals surface area contributed by atoms with Crippen LogP contribution in [0.15, 0.2) is 60.7 Å². The van der Waals surface area contributed by atoms with Crippen LogP contribution in [0.4, 0.5) is 21.9 Å². The summed E-state index contributed by atoms with van der Waals surface area (Å²) >= 11 is 13.1. The molecule has 8 nitrogen and oxygen atoms in total. The van der Waals surface area contributed by atoms with Gasteiger partial charge >= 0.3 is 6.03 Å². The molecule has 2 saturated heterocycles. The minimum absolute atomic E-state index is 0.193. The van der Waals surface area contributed by atoms with Crippen molar-refractivity contribution >= 4 is 58.0 Å². The third-order valence-electron chi connectivity index (χ3n) is 8.65. The number of ketones is 1. The smallest absolute Gasteiger partial charge is 0.322 e. The minimum atomic E-state index is -0.223. The normalized spacial score (nSPS) is 15.5. The van der Waals surface area contributed by atoms with E-state index in [4.69, 9.17) is 23.2 Å². The van der Waals surface area contributed by atoms with Crippen molar-refractivity contribution in [1.29, 1.82) is 0 Å². The molecule has 5 rings (SSSR count). The molecular weight excluding hydrogens is 621 g/mol. The molecule has 2 fully saturated rings. The Morgan fingerprint density at radius 2 is 1.48 bits per heavy atom. The van der Waals surface area contributed by atoms with Crippen LogP contribution in [-0.4, -0.2) is 66.8 Å². The van der Waals surface area contributed by atoms with E-state index in [9.17, 15) is 14.4 Å². The summed E-state index contributed by atoms with van der Waals surface area (Å²) in [4.78, 5) is 44.6. The molecule has 46 heavy (non-hydrogen) atoms. The van der Waals surface area contributed by atoms with Gasteiger partial charge in [0.2, 0.25) is 0 Å². The molecule has 0 saturated carbocycles. The average Bonchev–Trinajstić information content (AvgIpc) is 3.06. The van der Waals surface area contributed by atoms with Crippen molar-refractivity contribution in [2.75, 3.05) is 54.8 Å². The Bertz CT molecular complexity index is 1490. The zero-order valence-electron chi connectivity index (χ0n) is 26.5. The van der Waals surface area contributed by atoms with E-state index in [-0.39, 0.29) is 17.7 Å². The Labute approximate surface area is 282 Å². The molecule has 0 aromatic heterocycles. The van der Waals surface area contributed by atoms with Crippen LogP contribution in [-0.2, 0) is 17.8 Å². The summed E-state index contributed by atoms with van der Waals surface area (Å²) in [5.41, 5.74) is 4.57. The molecule has 2 heterocycles. The lowest BCUT2D eigenvalue weighted by atomic mass is 10.0. The van der Waals surface area contributed by atoms with Crippen LogP contribution in [0.5, 0.6) is 0 Å². The Hall–Kier alpha value is -3.59. The predicted molar refractivity (Wildman–Crippen MR) is 187 cm³/mol. The zero-order chi connectivity index (χ0) is 32.5. The molecule has 0 spiro atoms. The summed E-state index contributed by atoms with van der Waals surface area (Å²) < 4.78 is 0. The summed E-state index contributed by atoms with van der Waals surface area (Å²) in [5, 5.41) is 6.78. The van der Waals surface area contributed by atoms with Gasteiger partial charge in [0.25, 0.3) is 5.91 Å². The first kappa shape index (κ1) is 33.8. The molecular formula is C36H43Cl2N5O3. The fourth-order valence-electron chi connectivity index (χ4n) is 6.04. The Balaban J connectivity index is 1.10. The van der Waals surface area contributed by atoms with E-state index in [1.54, 1.807) is 17.0 Å². The van der Waals surface area contributed by atoms with Crippen molar-refractivity contribution < 1.29 is 14.4 Å². The first-order chi connectivity index (χ1) is 22.3. The van der Waals surface area contributed by atoms with Crippen molar-refractivity contribution in [2.45, 2.75) is 58.4 Å². The van der Waals surface area contributed by atoms with Crippen LogP contribution in [0.2, 0.25) is 10.0 Å². The molecule has 10 heteroatoms. The van der Waals surface area contributed by atoms with E-state index in [2.05, 4.69) is 27.4 Å². The number of piperidine rings is 1. The summed E-state index contributed by atoms with van der Waals surface area (Å²) in [6, 6.07) is 18.5. The van der Waals surface area contributed by atoms with Crippen molar-refractivity contribution in [3.63, 3.8) is 0 Å². The number of halogens is 2. The van der Waals surface area contributed by atoms with E-state index in [0.29, 0.717) is 66.0 Å². The number of anilines is 3. The summed E-state index contributed by atoms with van der Waals surface area (Å²) in [6.07, 6.45) is 6.50. The fraction of sp³-hybridized carbons (Fsp3) is 0.417. The number of nitrogens with one attached hydrogen (secondary N) is 2. The quantitative estimate of drug-likeness (QED) is 0.218. The maximum Gasteiger partial charge on any atom is 0.322 e.